The predicted molar refractivity (Wildman–Crippen MR) is 113 cm³/mol. The lowest BCUT2D eigenvalue weighted by Gasteiger charge is -2.16. The van der Waals surface area contributed by atoms with Gasteiger partial charge in [-0.15, -0.1) is 0 Å². The molecule has 8 heteroatoms. The average Bonchev–Trinajstić information content (AvgIpc) is 2.72. The fraction of sp³-hybridized carbons (Fsp3) is 0.273. The Kier molecular flexibility index (Phi) is 6.15. The minimum atomic E-state index is -1.03. The first kappa shape index (κ1) is 21.0. The highest BCUT2D eigenvalue weighted by atomic mass is 16.5. The largest absolute Gasteiger partial charge is 0.495 e. The number of carbonyl (C=O) groups is 2. The van der Waals surface area contributed by atoms with Gasteiger partial charge in [0.2, 0.25) is 0 Å². The molecule has 156 valence electrons. The fourth-order valence-corrected chi connectivity index (χ4v) is 3.09. The van der Waals surface area contributed by atoms with Crippen LogP contribution in [0.1, 0.15) is 18.2 Å². The van der Waals surface area contributed by atoms with Gasteiger partial charge in [-0.25, -0.2) is 4.68 Å². The number of carbonyl (C=O) groups excluding carboxylic acids is 2. The summed E-state index contributed by atoms with van der Waals surface area (Å²) in [5.41, 5.74) is 1.60. The van der Waals surface area contributed by atoms with E-state index in [9.17, 15) is 14.4 Å². The second-order valence-corrected chi connectivity index (χ2v) is 6.92. The summed E-state index contributed by atoms with van der Waals surface area (Å²) in [6.45, 7) is 3.38. The zero-order valence-electron chi connectivity index (χ0n) is 17.3. The number of benzene rings is 2. The molecule has 0 aliphatic heterocycles. The number of methoxy groups -OCH3 is 1. The van der Waals surface area contributed by atoms with E-state index in [4.69, 9.17) is 9.47 Å². The molecule has 3 aromatic rings. The van der Waals surface area contributed by atoms with Gasteiger partial charge in [-0.1, -0.05) is 24.3 Å². The van der Waals surface area contributed by atoms with Crippen LogP contribution >= 0.6 is 0 Å². The maximum absolute atomic E-state index is 12.5. The lowest BCUT2D eigenvalue weighted by molar-refractivity contribution is -0.152. The van der Waals surface area contributed by atoms with E-state index in [-0.39, 0.29) is 12.0 Å². The molecule has 1 aromatic heterocycles. The first-order chi connectivity index (χ1) is 14.3. The van der Waals surface area contributed by atoms with E-state index in [1.165, 1.54) is 25.8 Å². The molecule has 1 amide bonds. The van der Waals surface area contributed by atoms with E-state index >= 15 is 0 Å². The second kappa shape index (κ2) is 8.77. The van der Waals surface area contributed by atoms with Gasteiger partial charge < -0.3 is 14.8 Å². The summed E-state index contributed by atoms with van der Waals surface area (Å²) >= 11 is 0. The number of rotatable bonds is 6. The molecule has 0 bridgehead atoms. The molecule has 0 spiro atoms. The standard InChI is InChI=1S/C22H23N3O5/c1-13-9-10-19(29-4)18(11-13)23-21(27)14(2)30-20(26)12-17-15-7-5-6-8-16(15)22(28)25(3)24-17/h5-11,14H,12H2,1-4H3,(H,23,27). The Morgan fingerprint density at radius 3 is 2.57 bits per heavy atom. The first-order valence-electron chi connectivity index (χ1n) is 9.40. The third-order valence-corrected chi connectivity index (χ3v) is 4.64. The fourth-order valence-electron chi connectivity index (χ4n) is 3.09. The normalized spacial score (nSPS) is 11.7. The smallest absolute Gasteiger partial charge is 0.312 e. The van der Waals surface area contributed by atoms with E-state index in [0.29, 0.717) is 27.9 Å². The zero-order valence-corrected chi connectivity index (χ0v) is 17.3. The van der Waals surface area contributed by atoms with Crippen molar-refractivity contribution in [2.75, 3.05) is 12.4 Å². The summed E-state index contributed by atoms with van der Waals surface area (Å²) in [6.07, 6.45) is -1.19. The second-order valence-electron chi connectivity index (χ2n) is 6.92. The molecule has 1 unspecified atom stereocenters. The van der Waals surface area contributed by atoms with Gasteiger partial charge in [0.15, 0.2) is 6.10 Å². The summed E-state index contributed by atoms with van der Waals surface area (Å²) in [4.78, 5) is 37.1. The Labute approximate surface area is 173 Å². The van der Waals surface area contributed by atoms with Gasteiger partial charge in [0.1, 0.15) is 5.75 Å². The summed E-state index contributed by atoms with van der Waals surface area (Å²) in [5, 5.41) is 7.94. The molecule has 1 heterocycles. The van der Waals surface area contributed by atoms with Crippen LogP contribution in [-0.2, 0) is 27.8 Å². The molecule has 30 heavy (non-hydrogen) atoms. The van der Waals surface area contributed by atoms with E-state index in [1.807, 2.05) is 13.0 Å². The summed E-state index contributed by atoms with van der Waals surface area (Å²) in [5.74, 6) is -0.593. The molecular formula is C22H23N3O5. The molecule has 0 fully saturated rings. The Morgan fingerprint density at radius 2 is 1.87 bits per heavy atom. The van der Waals surface area contributed by atoms with Crippen LogP contribution in [-0.4, -0.2) is 34.9 Å². The predicted octanol–water partition coefficient (Wildman–Crippen LogP) is 2.36. The van der Waals surface area contributed by atoms with Crippen molar-refractivity contribution in [1.29, 1.82) is 0 Å². The number of nitrogens with one attached hydrogen (secondary N) is 1. The van der Waals surface area contributed by atoms with Crippen LogP contribution in [0, 0.1) is 6.92 Å². The number of fused-ring (bicyclic) bond motifs is 1. The van der Waals surface area contributed by atoms with Crippen molar-refractivity contribution in [1.82, 2.24) is 9.78 Å². The van der Waals surface area contributed by atoms with Crippen molar-refractivity contribution in [2.45, 2.75) is 26.4 Å². The summed E-state index contributed by atoms with van der Waals surface area (Å²) in [7, 11) is 3.03. The highest BCUT2D eigenvalue weighted by Gasteiger charge is 2.21. The molecule has 0 saturated carbocycles. The zero-order chi connectivity index (χ0) is 21.8. The molecule has 0 aliphatic rings. The van der Waals surface area contributed by atoms with E-state index in [0.717, 1.165) is 5.56 Å². The molecule has 1 atom stereocenters. The minimum absolute atomic E-state index is 0.167. The highest BCUT2D eigenvalue weighted by molar-refractivity contribution is 5.96. The number of ether oxygens (including phenoxy) is 2. The SMILES string of the molecule is COc1ccc(C)cc1NC(=O)C(C)OC(=O)Cc1nn(C)c(=O)c2ccccc12. The maximum Gasteiger partial charge on any atom is 0.312 e. The summed E-state index contributed by atoms with van der Waals surface area (Å²) < 4.78 is 11.7. The number of anilines is 1. The quantitative estimate of drug-likeness (QED) is 0.628. The van der Waals surface area contributed by atoms with Crippen LogP contribution in [0.2, 0.25) is 0 Å². The van der Waals surface area contributed by atoms with Crippen LogP contribution in [0.15, 0.2) is 47.3 Å². The van der Waals surface area contributed by atoms with Gasteiger partial charge in [-0.2, -0.15) is 5.10 Å². The molecule has 0 aliphatic carbocycles. The number of hydrogen-bond acceptors (Lipinski definition) is 6. The number of aromatic nitrogens is 2. The van der Waals surface area contributed by atoms with E-state index in [1.54, 1.807) is 36.4 Å². The Morgan fingerprint density at radius 1 is 1.17 bits per heavy atom. The van der Waals surface area contributed by atoms with Gasteiger partial charge in [-0.3, -0.25) is 14.4 Å². The molecule has 3 rings (SSSR count). The van der Waals surface area contributed by atoms with Crippen molar-refractivity contribution >= 4 is 28.3 Å². The van der Waals surface area contributed by atoms with E-state index in [2.05, 4.69) is 10.4 Å². The minimum Gasteiger partial charge on any atom is -0.495 e. The molecule has 0 radical (unpaired) electrons. The topological polar surface area (TPSA) is 99.5 Å². The van der Waals surface area contributed by atoms with Gasteiger partial charge in [0.25, 0.3) is 11.5 Å². The molecule has 1 N–H and O–H groups in total. The Balaban J connectivity index is 1.72. The van der Waals surface area contributed by atoms with Crippen LogP contribution in [0.3, 0.4) is 0 Å². The number of aryl methyl sites for hydroxylation is 2. The van der Waals surface area contributed by atoms with Crippen molar-refractivity contribution in [3.63, 3.8) is 0 Å². The third kappa shape index (κ3) is 4.48. The molecular weight excluding hydrogens is 386 g/mol. The van der Waals surface area contributed by atoms with E-state index < -0.39 is 18.0 Å². The molecule has 0 saturated heterocycles. The van der Waals surface area contributed by atoms with Crippen LogP contribution < -0.4 is 15.6 Å². The average molecular weight is 409 g/mol. The lowest BCUT2D eigenvalue weighted by Crippen LogP contribution is -2.31. The van der Waals surface area contributed by atoms with Crippen molar-refractivity contribution < 1.29 is 19.1 Å². The van der Waals surface area contributed by atoms with Gasteiger partial charge in [-0.05, 0) is 37.6 Å². The summed E-state index contributed by atoms with van der Waals surface area (Å²) in [6, 6.07) is 12.3. The van der Waals surface area contributed by atoms with Crippen LogP contribution in [0.5, 0.6) is 5.75 Å². The number of esters is 1. The van der Waals surface area contributed by atoms with Crippen LogP contribution in [0.4, 0.5) is 5.69 Å². The monoisotopic (exact) mass is 409 g/mol. The Hall–Kier alpha value is -3.68. The Bertz CT molecular complexity index is 1170. The number of hydrogen-bond donors (Lipinski definition) is 1. The first-order valence-corrected chi connectivity index (χ1v) is 9.40. The maximum atomic E-state index is 12.5. The number of amides is 1. The molecule has 8 nitrogen and oxygen atoms in total. The third-order valence-electron chi connectivity index (χ3n) is 4.64. The van der Waals surface area contributed by atoms with Gasteiger partial charge in [0, 0.05) is 12.4 Å². The van der Waals surface area contributed by atoms with Gasteiger partial charge >= 0.3 is 5.97 Å². The highest BCUT2D eigenvalue weighted by Crippen LogP contribution is 2.25. The van der Waals surface area contributed by atoms with Crippen molar-refractivity contribution in [2.24, 2.45) is 7.05 Å². The number of nitrogens with zero attached hydrogens (tertiary/aromatic N) is 2. The van der Waals surface area contributed by atoms with Crippen molar-refractivity contribution in [3.05, 3.63) is 64.1 Å². The van der Waals surface area contributed by atoms with Crippen LogP contribution in [0.25, 0.3) is 10.8 Å². The lowest BCUT2D eigenvalue weighted by atomic mass is 10.1. The molecule has 2 aromatic carbocycles. The van der Waals surface area contributed by atoms with Gasteiger partial charge in [0.05, 0.1) is 30.3 Å². The van der Waals surface area contributed by atoms with Crippen molar-refractivity contribution in [3.8, 4) is 5.75 Å².